The second-order valence-electron chi connectivity index (χ2n) is 7.53. The van der Waals surface area contributed by atoms with Crippen molar-refractivity contribution in [2.75, 3.05) is 19.0 Å². The van der Waals surface area contributed by atoms with Gasteiger partial charge in [-0.1, -0.05) is 0 Å². The molecule has 3 aromatic rings. The van der Waals surface area contributed by atoms with Gasteiger partial charge in [-0.15, -0.1) is 0 Å². The van der Waals surface area contributed by atoms with E-state index in [0.717, 1.165) is 30.5 Å². The van der Waals surface area contributed by atoms with Crippen LogP contribution in [0.4, 0.5) is 19.0 Å². The quantitative estimate of drug-likeness (QED) is 0.529. The van der Waals surface area contributed by atoms with E-state index in [2.05, 4.69) is 20.3 Å². The van der Waals surface area contributed by atoms with E-state index in [9.17, 15) is 13.2 Å². The van der Waals surface area contributed by atoms with E-state index in [1.807, 2.05) is 13.0 Å². The number of pyridine rings is 1. The van der Waals surface area contributed by atoms with Crippen molar-refractivity contribution in [3.63, 3.8) is 0 Å². The molecule has 0 fully saturated rings. The number of methoxy groups -OCH3 is 1. The Morgan fingerprint density at radius 1 is 1.18 bits per heavy atom. The Morgan fingerprint density at radius 2 is 2.00 bits per heavy atom. The molecule has 1 atom stereocenters. The molecule has 0 amide bonds. The number of halogens is 3. The number of benzene rings is 1. The van der Waals surface area contributed by atoms with E-state index in [4.69, 9.17) is 14.2 Å². The lowest BCUT2D eigenvalue weighted by Gasteiger charge is -2.19. The third kappa shape index (κ3) is 5.10. The van der Waals surface area contributed by atoms with Gasteiger partial charge < -0.3 is 19.5 Å². The summed E-state index contributed by atoms with van der Waals surface area (Å²) in [6.45, 7) is 4.29. The molecule has 3 heterocycles. The maximum Gasteiger partial charge on any atom is 0.416 e. The number of hydrogen-bond acceptors (Lipinski definition) is 7. The van der Waals surface area contributed by atoms with Gasteiger partial charge in [0.2, 0.25) is 0 Å². The summed E-state index contributed by atoms with van der Waals surface area (Å²) in [6, 6.07) is 5.44. The van der Waals surface area contributed by atoms with Gasteiger partial charge in [-0.3, -0.25) is 4.98 Å². The van der Waals surface area contributed by atoms with Gasteiger partial charge in [0.05, 0.1) is 37.0 Å². The maximum absolute atomic E-state index is 13.0. The standard InChI is InChI=1S/C23H23F3N4O3/c1-13(19-5-4-8-32-19)33-21-10-17-18(11-20(21)31-3)29-14(2)30-22(17)28-12-16-9-15(6-7-27-16)23(24,25)26/h5-7,9-11,13H,4,8,12H2,1-3H3,(H,28,29,30). The molecule has 1 N–H and O–H groups in total. The van der Waals surface area contributed by atoms with Crippen LogP contribution in [-0.4, -0.2) is 34.8 Å². The summed E-state index contributed by atoms with van der Waals surface area (Å²) in [5.74, 6) is 2.67. The van der Waals surface area contributed by atoms with Crippen molar-refractivity contribution in [2.24, 2.45) is 0 Å². The van der Waals surface area contributed by atoms with Gasteiger partial charge in [0.15, 0.2) is 17.6 Å². The van der Waals surface area contributed by atoms with Crippen molar-refractivity contribution in [1.82, 2.24) is 15.0 Å². The largest absolute Gasteiger partial charge is 0.494 e. The average molecular weight is 460 g/mol. The molecule has 0 aliphatic carbocycles. The zero-order valence-electron chi connectivity index (χ0n) is 18.4. The molecule has 1 aromatic carbocycles. The summed E-state index contributed by atoms with van der Waals surface area (Å²) in [4.78, 5) is 12.9. The molecule has 0 radical (unpaired) electrons. The van der Waals surface area contributed by atoms with Crippen LogP contribution in [0.2, 0.25) is 0 Å². The number of hydrogen-bond donors (Lipinski definition) is 1. The van der Waals surface area contributed by atoms with Crippen molar-refractivity contribution < 1.29 is 27.4 Å². The van der Waals surface area contributed by atoms with E-state index in [-0.39, 0.29) is 18.3 Å². The van der Waals surface area contributed by atoms with Crippen molar-refractivity contribution >= 4 is 16.7 Å². The zero-order chi connectivity index (χ0) is 23.6. The van der Waals surface area contributed by atoms with E-state index in [0.29, 0.717) is 40.7 Å². The van der Waals surface area contributed by atoms with E-state index in [1.165, 1.54) is 7.11 Å². The van der Waals surface area contributed by atoms with E-state index >= 15 is 0 Å². The highest BCUT2D eigenvalue weighted by atomic mass is 19.4. The number of aromatic nitrogens is 3. The molecule has 4 rings (SSSR count). The Bertz CT molecular complexity index is 1200. The van der Waals surface area contributed by atoms with Crippen LogP contribution in [0.25, 0.3) is 10.9 Å². The van der Waals surface area contributed by atoms with Gasteiger partial charge in [0.25, 0.3) is 0 Å². The minimum absolute atomic E-state index is 0.0504. The highest BCUT2D eigenvalue weighted by Crippen LogP contribution is 2.36. The highest BCUT2D eigenvalue weighted by Gasteiger charge is 2.30. The topological polar surface area (TPSA) is 78.4 Å². The minimum atomic E-state index is -4.44. The molecular formula is C23H23F3N4O3. The third-order valence-electron chi connectivity index (χ3n) is 5.11. The number of fused-ring (bicyclic) bond motifs is 1. The average Bonchev–Trinajstić information content (AvgIpc) is 3.32. The molecule has 1 aliphatic heterocycles. The smallest absolute Gasteiger partial charge is 0.416 e. The first-order valence-electron chi connectivity index (χ1n) is 10.4. The van der Waals surface area contributed by atoms with Gasteiger partial charge in [-0.2, -0.15) is 13.2 Å². The van der Waals surface area contributed by atoms with Crippen molar-refractivity contribution in [2.45, 2.75) is 39.1 Å². The summed E-state index contributed by atoms with van der Waals surface area (Å²) in [7, 11) is 1.54. The zero-order valence-corrected chi connectivity index (χ0v) is 18.4. The van der Waals surface area contributed by atoms with Crippen LogP contribution < -0.4 is 14.8 Å². The Hall–Kier alpha value is -3.56. The summed E-state index contributed by atoms with van der Waals surface area (Å²) in [5.41, 5.74) is 0.0872. The minimum Gasteiger partial charge on any atom is -0.494 e. The fraction of sp³-hybridized carbons (Fsp3) is 0.348. The fourth-order valence-corrected chi connectivity index (χ4v) is 3.53. The number of nitrogens with one attached hydrogen (secondary N) is 1. The molecule has 0 spiro atoms. The summed E-state index contributed by atoms with van der Waals surface area (Å²) >= 11 is 0. The molecule has 0 saturated heterocycles. The lowest BCUT2D eigenvalue weighted by Crippen LogP contribution is -2.16. The predicted molar refractivity (Wildman–Crippen MR) is 116 cm³/mol. The molecule has 0 bridgehead atoms. The monoisotopic (exact) mass is 460 g/mol. The summed E-state index contributed by atoms with van der Waals surface area (Å²) in [5, 5.41) is 3.72. The second kappa shape index (κ2) is 9.13. The maximum atomic E-state index is 13.0. The highest BCUT2D eigenvalue weighted by molar-refractivity contribution is 5.91. The number of anilines is 1. The number of rotatable bonds is 7. The number of aryl methyl sites for hydroxylation is 1. The summed E-state index contributed by atoms with van der Waals surface area (Å²) in [6.07, 6.45) is -0.798. The van der Waals surface area contributed by atoms with Crippen LogP contribution >= 0.6 is 0 Å². The molecule has 7 nitrogen and oxygen atoms in total. The van der Waals surface area contributed by atoms with Gasteiger partial charge >= 0.3 is 6.18 Å². The van der Waals surface area contributed by atoms with Gasteiger partial charge in [0.1, 0.15) is 17.4 Å². The Kier molecular flexibility index (Phi) is 6.26. The number of nitrogens with zero attached hydrogens (tertiary/aromatic N) is 3. The van der Waals surface area contributed by atoms with Gasteiger partial charge in [0, 0.05) is 24.1 Å². The van der Waals surface area contributed by atoms with Crippen LogP contribution in [0.15, 0.2) is 42.3 Å². The first-order valence-corrected chi connectivity index (χ1v) is 10.4. The SMILES string of the molecule is COc1cc2nc(C)nc(NCc3cc(C(F)(F)F)ccn3)c2cc1OC(C)C1=CCCO1. The third-order valence-corrected chi connectivity index (χ3v) is 5.11. The Morgan fingerprint density at radius 3 is 2.70 bits per heavy atom. The number of ether oxygens (including phenoxy) is 3. The lowest BCUT2D eigenvalue weighted by atomic mass is 10.2. The Labute approximate surface area is 188 Å². The first-order chi connectivity index (χ1) is 15.7. The number of alkyl halides is 3. The molecule has 1 aliphatic rings. The van der Waals surface area contributed by atoms with E-state index in [1.54, 1.807) is 19.1 Å². The lowest BCUT2D eigenvalue weighted by molar-refractivity contribution is -0.137. The Balaban J connectivity index is 1.65. The molecule has 2 aromatic heterocycles. The molecule has 174 valence electrons. The van der Waals surface area contributed by atoms with Crippen molar-refractivity contribution in [3.8, 4) is 11.5 Å². The van der Waals surface area contributed by atoms with Crippen LogP contribution in [0, 0.1) is 6.92 Å². The van der Waals surface area contributed by atoms with Crippen LogP contribution in [0.1, 0.15) is 30.4 Å². The summed E-state index contributed by atoms with van der Waals surface area (Å²) < 4.78 is 56.2. The van der Waals surface area contributed by atoms with Gasteiger partial charge in [-0.05, 0) is 38.1 Å². The normalized spacial score (nSPS) is 14.5. The molecular weight excluding hydrogens is 437 g/mol. The fourth-order valence-electron chi connectivity index (χ4n) is 3.53. The van der Waals surface area contributed by atoms with Crippen LogP contribution in [-0.2, 0) is 17.5 Å². The van der Waals surface area contributed by atoms with Crippen LogP contribution in [0.3, 0.4) is 0 Å². The molecule has 10 heteroatoms. The predicted octanol–water partition coefficient (Wildman–Crippen LogP) is 5.04. The van der Waals surface area contributed by atoms with Crippen molar-refractivity contribution in [1.29, 1.82) is 0 Å². The molecule has 33 heavy (non-hydrogen) atoms. The van der Waals surface area contributed by atoms with Gasteiger partial charge in [-0.25, -0.2) is 9.97 Å². The van der Waals surface area contributed by atoms with E-state index < -0.39 is 11.7 Å². The van der Waals surface area contributed by atoms with Crippen molar-refractivity contribution in [3.05, 3.63) is 59.4 Å². The molecule has 0 saturated carbocycles. The first kappa shape index (κ1) is 22.6. The second-order valence-corrected chi connectivity index (χ2v) is 7.53. The van der Waals surface area contributed by atoms with Crippen LogP contribution in [0.5, 0.6) is 11.5 Å². The molecule has 1 unspecified atom stereocenters.